The molecule has 0 atom stereocenters. The maximum Gasteiger partial charge on any atom is 0.271 e. The maximum absolute atomic E-state index is 12.7. The smallest absolute Gasteiger partial charge is 0.271 e. The van der Waals surface area contributed by atoms with Crippen LogP contribution in [-0.4, -0.2) is 25.3 Å². The number of halogens is 1. The summed E-state index contributed by atoms with van der Waals surface area (Å²) in [5, 5.41) is 6.94. The summed E-state index contributed by atoms with van der Waals surface area (Å²) in [5.74, 6) is 1.21. The van der Waals surface area contributed by atoms with Gasteiger partial charge in [0.1, 0.15) is 19.0 Å². The van der Waals surface area contributed by atoms with E-state index in [-0.39, 0.29) is 0 Å². The first kappa shape index (κ1) is 25.8. The average Bonchev–Trinajstić information content (AvgIpc) is 2.92. The summed E-state index contributed by atoms with van der Waals surface area (Å²) in [6, 6.07) is 24.5. The number of hydrogen-bond acceptors (Lipinski definition) is 5. The topological polar surface area (TPSA) is 69.2 Å². The van der Waals surface area contributed by atoms with E-state index in [9.17, 15) is 4.79 Å². The summed E-state index contributed by atoms with van der Waals surface area (Å²) in [6.07, 6.45) is 3.15. The van der Waals surface area contributed by atoms with Crippen molar-refractivity contribution < 1.29 is 19.0 Å². The minimum atomic E-state index is -0.396. The summed E-state index contributed by atoms with van der Waals surface area (Å²) in [7, 11) is 0. The molecule has 4 aromatic carbocycles. The second-order valence-electron chi connectivity index (χ2n) is 8.00. The molecule has 0 fully saturated rings. The van der Waals surface area contributed by atoms with Crippen LogP contribution < -0.4 is 19.6 Å². The standard InChI is InChI=1S/C30H27ClN2O4/c1-3-16-36-28-14-12-22(18-29(28)35-4-2)30(34)33-32-19-24-17-25(31)13-15-27(24)37-20-23-10-7-9-21-8-5-6-11-26(21)23/h3,5-15,17-19H,1,4,16,20H2,2H3,(H,33,34)/b32-19+. The number of fused-ring (bicyclic) bond motifs is 1. The summed E-state index contributed by atoms with van der Waals surface area (Å²) >= 11 is 6.21. The molecule has 0 unspecified atom stereocenters. The Morgan fingerprint density at radius 1 is 0.946 bits per heavy atom. The molecule has 0 spiro atoms. The molecule has 0 aliphatic carbocycles. The molecule has 37 heavy (non-hydrogen) atoms. The normalized spacial score (nSPS) is 10.9. The minimum Gasteiger partial charge on any atom is -0.490 e. The van der Waals surface area contributed by atoms with Crippen LogP contribution in [0.3, 0.4) is 0 Å². The van der Waals surface area contributed by atoms with E-state index in [1.54, 1.807) is 42.5 Å². The van der Waals surface area contributed by atoms with E-state index in [0.29, 0.717) is 53.2 Å². The van der Waals surface area contributed by atoms with Crippen LogP contribution in [0.25, 0.3) is 10.8 Å². The Morgan fingerprint density at radius 3 is 2.59 bits per heavy atom. The molecular formula is C30H27ClN2O4. The molecule has 6 nitrogen and oxygen atoms in total. The molecule has 7 heteroatoms. The fourth-order valence-electron chi connectivity index (χ4n) is 3.74. The van der Waals surface area contributed by atoms with E-state index in [1.807, 2.05) is 31.2 Å². The Hall–Kier alpha value is -4.29. The highest BCUT2D eigenvalue weighted by Crippen LogP contribution is 2.29. The predicted molar refractivity (Wildman–Crippen MR) is 148 cm³/mol. The van der Waals surface area contributed by atoms with Crippen molar-refractivity contribution in [2.75, 3.05) is 13.2 Å². The number of nitrogens with one attached hydrogen (secondary N) is 1. The molecule has 0 heterocycles. The monoisotopic (exact) mass is 514 g/mol. The van der Waals surface area contributed by atoms with E-state index in [4.69, 9.17) is 25.8 Å². The predicted octanol–water partition coefficient (Wildman–Crippen LogP) is 6.80. The Kier molecular flexibility index (Phi) is 8.79. The number of benzene rings is 4. The zero-order valence-electron chi connectivity index (χ0n) is 20.4. The first-order valence-electron chi connectivity index (χ1n) is 11.8. The molecule has 188 valence electrons. The third-order valence-corrected chi connectivity index (χ3v) is 5.70. The maximum atomic E-state index is 12.7. The summed E-state index contributed by atoms with van der Waals surface area (Å²) in [6.45, 7) is 6.64. The van der Waals surface area contributed by atoms with Crippen LogP contribution in [0.2, 0.25) is 5.02 Å². The Morgan fingerprint density at radius 2 is 1.76 bits per heavy atom. The molecular weight excluding hydrogens is 488 g/mol. The van der Waals surface area contributed by atoms with Gasteiger partial charge in [0.05, 0.1) is 12.8 Å². The van der Waals surface area contributed by atoms with E-state index in [0.717, 1.165) is 16.3 Å². The summed E-state index contributed by atoms with van der Waals surface area (Å²) in [4.78, 5) is 12.7. The summed E-state index contributed by atoms with van der Waals surface area (Å²) < 4.78 is 17.3. The first-order chi connectivity index (χ1) is 18.1. The SMILES string of the molecule is C=CCOc1ccc(C(=O)N/N=C/c2cc(Cl)ccc2OCc2cccc3ccccc23)cc1OCC. The van der Waals surface area contributed by atoms with Crippen LogP contribution in [0.4, 0.5) is 0 Å². The fraction of sp³-hybridized carbons (Fsp3) is 0.133. The van der Waals surface area contributed by atoms with E-state index in [2.05, 4.69) is 35.3 Å². The second kappa shape index (κ2) is 12.6. The van der Waals surface area contributed by atoms with Gasteiger partial charge in [0.25, 0.3) is 5.91 Å². The van der Waals surface area contributed by atoms with Crippen LogP contribution in [-0.2, 0) is 6.61 Å². The van der Waals surface area contributed by atoms with Gasteiger partial charge in [0.15, 0.2) is 11.5 Å². The molecule has 1 amide bonds. The number of ether oxygens (including phenoxy) is 3. The van der Waals surface area contributed by atoms with Gasteiger partial charge in [-0.15, -0.1) is 0 Å². The number of hydrogen-bond donors (Lipinski definition) is 1. The number of carbonyl (C=O) groups is 1. The zero-order valence-corrected chi connectivity index (χ0v) is 21.2. The third kappa shape index (κ3) is 6.68. The van der Waals surface area contributed by atoms with Gasteiger partial charge in [-0.2, -0.15) is 5.10 Å². The van der Waals surface area contributed by atoms with Gasteiger partial charge in [-0.05, 0) is 59.7 Å². The van der Waals surface area contributed by atoms with Crippen molar-refractivity contribution >= 4 is 34.5 Å². The van der Waals surface area contributed by atoms with Crippen molar-refractivity contribution in [3.63, 3.8) is 0 Å². The number of amides is 1. The summed E-state index contributed by atoms with van der Waals surface area (Å²) in [5.41, 5.74) is 4.62. The van der Waals surface area contributed by atoms with Gasteiger partial charge in [-0.25, -0.2) is 5.43 Å². The van der Waals surface area contributed by atoms with Crippen LogP contribution >= 0.6 is 11.6 Å². The van der Waals surface area contributed by atoms with E-state index >= 15 is 0 Å². The molecule has 4 aromatic rings. The zero-order chi connectivity index (χ0) is 26.0. The lowest BCUT2D eigenvalue weighted by atomic mass is 10.1. The van der Waals surface area contributed by atoms with Crippen molar-refractivity contribution in [3.8, 4) is 17.2 Å². The van der Waals surface area contributed by atoms with Crippen LogP contribution in [0.1, 0.15) is 28.4 Å². The van der Waals surface area contributed by atoms with E-state index < -0.39 is 5.91 Å². The van der Waals surface area contributed by atoms with Crippen molar-refractivity contribution in [1.29, 1.82) is 0 Å². The highest BCUT2D eigenvalue weighted by Gasteiger charge is 2.12. The number of rotatable bonds is 11. The minimum absolute atomic E-state index is 0.334. The van der Waals surface area contributed by atoms with Gasteiger partial charge < -0.3 is 14.2 Å². The van der Waals surface area contributed by atoms with Crippen LogP contribution in [0, 0.1) is 0 Å². The van der Waals surface area contributed by atoms with Crippen LogP contribution in [0.5, 0.6) is 17.2 Å². The van der Waals surface area contributed by atoms with Gasteiger partial charge in [-0.1, -0.05) is 66.7 Å². The van der Waals surface area contributed by atoms with Crippen molar-refractivity contribution in [2.45, 2.75) is 13.5 Å². The van der Waals surface area contributed by atoms with E-state index in [1.165, 1.54) is 6.21 Å². The lowest BCUT2D eigenvalue weighted by Crippen LogP contribution is -2.18. The van der Waals surface area contributed by atoms with Crippen molar-refractivity contribution in [3.05, 3.63) is 113 Å². The molecule has 0 aliphatic rings. The molecule has 0 bridgehead atoms. The van der Waals surface area contributed by atoms with Gasteiger partial charge >= 0.3 is 0 Å². The first-order valence-corrected chi connectivity index (χ1v) is 12.2. The molecule has 0 aliphatic heterocycles. The largest absolute Gasteiger partial charge is 0.490 e. The second-order valence-corrected chi connectivity index (χ2v) is 8.44. The molecule has 0 saturated heterocycles. The van der Waals surface area contributed by atoms with Crippen LogP contribution in [0.15, 0.2) is 96.6 Å². The Bertz CT molecular complexity index is 1430. The van der Waals surface area contributed by atoms with Gasteiger partial charge in [0.2, 0.25) is 0 Å². The fourth-order valence-corrected chi connectivity index (χ4v) is 3.92. The highest BCUT2D eigenvalue weighted by molar-refractivity contribution is 6.30. The average molecular weight is 515 g/mol. The van der Waals surface area contributed by atoms with Crippen molar-refractivity contribution in [2.24, 2.45) is 5.10 Å². The molecule has 1 N–H and O–H groups in total. The quantitative estimate of drug-likeness (QED) is 0.136. The number of nitrogens with zero attached hydrogens (tertiary/aromatic N) is 1. The molecule has 0 radical (unpaired) electrons. The van der Waals surface area contributed by atoms with Gasteiger partial charge in [-0.3, -0.25) is 4.79 Å². The number of hydrazone groups is 1. The highest BCUT2D eigenvalue weighted by atomic mass is 35.5. The third-order valence-electron chi connectivity index (χ3n) is 5.47. The lowest BCUT2D eigenvalue weighted by Gasteiger charge is -2.12. The van der Waals surface area contributed by atoms with Crippen molar-refractivity contribution in [1.82, 2.24) is 5.43 Å². The Balaban J connectivity index is 1.46. The molecule has 0 saturated carbocycles. The van der Waals surface area contributed by atoms with Gasteiger partial charge in [0, 0.05) is 16.1 Å². The lowest BCUT2D eigenvalue weighted by molar-refractivity contribution is 0.0954. The molecule has 4 rings (SSSR count). The number of carbonyl (C=O) groups excluding carboxylic acids is 1. The Labute approximate surface area is 221 Å². The molecule has 0 aromatic heterocycles.